The van der Waals surface area contributed by atoms with Crippen LogP contribution in [-0.4, -0.2) is 30.1 Å². The molecule has 3 aromatic carbocycles. The molecule has 4 rings (SSSR count). The Morgan fingerprint density at radius 3 is 2.21 bits per heavy atom. The Kier molecular flexibility index (Phi) is 5.16. The Morgan fingerprint density at radius 1 is 0.966 bits per heavy atom. The maximum absolute atomic E-state index is 12.9. The minimum atomic E-state index is -0.343. The van der Waals surface area contributed by atoms with E-state index >= 15 is 0 Å². The molecular formula is C23H20N2O4. The van der Waals surface area contributed by atoms with Crippen LogP contribution in [0, 0.1) is 0 Å². The normalized spacial score (nSPS) is 13.0. The van der Waals surface area contributed by atoms with Crippen LogP contribution in [0.5, 0.6) is 11.5 Å². The van der Waals surface area contributed by atoms with E-state index in [4.69, 9.17) is 4.74 Å². The number of fused-ring (bicyclic) bond motifs is 1. The molecule has 0 atom stereocenters. The number of phenols is 1. The fraction of sp³-hybridized carbons (Fsp3) is 0.130. The second-order valence-electron chi connectivity index (χ2n) is 6.72. The highest BCUT2D eigenvalue weighted by molar-refractivity contribution is 6.02. The molecule has 6 heteroatoms. The molecule has 1 aliphatic heterocycles. The second kappa shape index (κ2) is 8.06. The van der Waals surface area contributed by atoms with Gasteiger partial charge in [-0.05, 0) is 23.3 Å². The third kappa shape index (κ3) is 3.91. The van der Waals surface area contributed by atoms with E-state index in [0.717, 1.165) is 11.1 Å². The summed E-state index contributed by atoms with van der Waals surface area (Å²) in [7, 11) is 0. The molecule has 0 bridgehead atoms. The molecule has 2 amide bonds. The topological polar surface area (TPSA) is 78.9 Å². The molecule has 0 aromatic heterocycles. The number of aromatic hydroxyl groups is 1. The zero-order valence-corrected chi connectivity index (χ0v) is 15.6. The summed E-state index contributed by atoms with van der Waals surface area (Å²) in [6.07, 6.45) is 0. The van der Waals surface area contributed by atoms with Crippen LogP contribution in [0.25, 0.3) is 0 Å². The summed E-state index contributed by atoms with van der Waals surface area (Å²) in [4.78, 5) is 26.6. The number of nitrogens with one attached hydrogen (secondary N) is 1. The number of nitrogens with zero attached hydrogens (tertiary/aromatic N) is 1. The monoisotopic (exact) mass is 388 g/mol. The zero-order chi connectivity index (χ0) is 20.2. The first-order chi connectivity index (χ1) is 14.1. The zero-order valence-electron chi connectivity index (χ0n) is 15.6. The summed E-state index contributed by atoms with van der Waals surface area (Å²) in [6.45, 7) is -0.395. The van der Waals surface area contributed by atoms with Crippen molar-refractivity contribution in [2.45, 2.75) is 6.04 Å². The van der Waals surface area contributed by atoms with Gasteiger partial charge in [0.05, 0.1) is 11.7 Å². The number of benzene rings is 3. The van der Waals surface area contributed by atoms with Crippen molar-refractivity contribution in [3.05, 3.63) is 90.0 Å². The van der Waals surface area contributed by atoms with E-state index in [1.165, 1.54) is 11.0 Å². The predicted molar refractivity (Wildman–Crippen MR) is 109 cm³/mol. The first kappa shape index (κ1) is 18.6. The molecule has 146 valence electrons. The molecule has 2 N–H and O–H groups in total. The molecule has 0 unspecified atom stereocenters. The van der Waals surface area contributed by atoms with Gasteiger partial charge < -0.3 is 15.2 Å². The van der Waals surface area contributed by atoms with Crippen LogP contribution >= 0.6 is 0 Å². The Hall–Kier alpha value is -3.80. The molecular weight excluding hydrogens is 368 g/mol. The summed E-state index contributed by atoms with van der Waals surface area (Å²) < 4.78 is 5.33. The Labute approximate surface area is 168 Å². The number of carbonyl (C=O) groups excluding carboxylic acids is 2. The first-order valence-electron chi connectivity index (χ1n) is 9.28. The van der Waals surface area contributed by atoms with E-state index in [-0.39, 0.29) is 42.5 Å². The molecule has 6 nitrogen and oxygen atoms in total. The van der Waals surface area contributed by atoms with Crippen LogP contribution in [0.2, 0.25) is 0 Å². The summed E-state index contributed by atoms with van der Waals surface area (Å²) in [6, 6.07) is 23.7. The minimum Gasteiger partial charge on any atom is -0.504 e. The van der Waals surface area contributed by atoms with E-state index in [0.29, 0.717) is 5.69 Å². The second-order valence-corrected chi connectivity index (χ2v) is 6.72. The number of phenolic OH excluding ortho intramolecular Hbond substituents is 1. The Morgan fingerprint density at radius 2 is 1.59 bits per heavy atom. The number of rotatable bonds is 5. The molecule has 0 fully saturated rings. The van der Waals surface area contributed by atoms with Gasteiger partial charge >= 0.3 is 0 Å². The maximum atomic E-state index is 12.9. The van der Waals surface area contributed by atoms with Crippen LogP contribution in [0.3, 0.4) is 0 Å². The molecule has 0 saturated carbocycles. The fourth-order valence-electron chi connectivity index (χ4n) is 3.39. The third-order valence-electron chi connectivity index (χ3n) is 4.78. The highest BCUT2D eigenvalue weighted by atomic mass is 16.5. The molecule has 0 spiro atoms. The van der Waals surface area contributed by atoms with Crippen LogP contribution in [0.1, 0.15) is 17.2 Å². The molecule has 1 heterocycles. The van der Waals surface area contributed by atoms with Gasteiger partial charge in [0, 0.05) is 0 Å². The number of para-hydroxylation sites is 1. The highest BCUT2D eigenvalue weighted by Crippen LogP contribution is 2.39. The summed E-state index contributed by atoms with van der Waals surface area (Å²) in [5, 5.41) is 13.0. The standard InChI is InChI=1S/C23H20N2O4/c26-19-13-7-12-18-23(19)29-15-21(28)25(18)14-20(27)24-22(16-8-3-1-4-9-16)17-10-5-2-6-11-17/h1-13,22,26H,14-15H2,(H,24,27). The van der Waals surface area contributed by atoms with E-state index in [2.05, 4.69) is 5.32 Å². The third-order valence-corrected chi connectivity index (χ3v) is 4.78. The lowest BCUT2D eigenvalue weighted by molar-refractivity contribution is -0.125. The van der Waals surface area contributed by atoms with Crippen LogP contribution in [-0.2, 0) is 9.59 Å². The van der Waals surface area contributed by atoms with Crippen molar-refractivity contribution in [2.75, 3.05) is 18.1 Å². The summed E-state index contributed by atoms with van der Waals surface area (Å²) in [5.41, 5.74) is 2.27. The van der Waals surface area contributed by atoms with E-state index in [1.54, 1.807) is 12.1 Å². The van der Waals surface area contributed by atoms with Crippen molar-refractivity contribution in [3.63, 3.8) is 0 Å². The molecule has 3 aromatic rings. The van der Waals surface area contributed by atoms with Gasteiger partial charge in [-0.25, -0.2) is 0 Å². The minimum absolute atomic E-state index is 0.0631. The lowest BCUT2D eigenvalue weighted by Gasteiger charge is -2.30. The number of amides is 2. The van der Waals surface area contributed by atoms with Crippen LogP contribution < -0.4 is 15.0 Å². The van der Waals surface area contributed by atoms with E-state index in [1.807, 2.05) is 60.7 Å². The van der Waals surface area contributed by atoms with Crippen molar-refractivity contribution in [2.24, 2.45) is 0 Å². The van der Waals surface area contributed by atoms with Crippen LogP contribution in [0.4, 0.5) is 5.69 Å². The number of hydrogen-bond acceptors (Lipinski definition) is 4. The molecule has 29 heavy (non-hydrogen) atoms. The van der Waals surface area contributed by atoms with Gasteiger partial charge in [-0.15, -0.1) is 0 Å². The van der Waals surface area contributed by atoms with Gasteiger partial charge in [0.1, 0.15) is 6.54 Å². The largest absolute Gasteiger partial charge is 0.504 e. The average molecular weight is 388 g/mol. The van der Waals surface area contributed by atoms with E-state index < -0.39 is 0 Å². The summed E-state index contributed by atoms with van der Waals surface area (Å²) >= 11 is 0. The van der Waals surface area contributed by atoms with Crippen molar-refractivity contribution in [1.82, 2.24) is 5.32 Å². The van der Waals surface area contributed by atoms with Crippen LogP contribution in [0.15, 0.2) is 78.9 Å². The SMILES string of the molecule is O=C(CN1C(=O)COc2c(O)cccc21)NC(c1ccccc1)c1ccccc1. The summed E-state index contributed by atoms with van der Waals surface area (Å²) in [5.74, 6) is -0.504. The molecule has 0 aliphatic carbocycles. The van der Waals surface area contributed by atoms with Gasteiger partial charge in [0.2, 0.25) is 5.91 Å². The number of anilines is 1. The lowest BCUT2D eigenvalue weighted by Crippen LogP contribution is -2.45. The maximum Gasteiger partial charge on any atom is 0.265 e. The fourth-order valence-corrected chi connectivity index (χ4v) is 3.39. The van der Waals surface area contributed by atoms with Gasteiger partial charge in [0.25, 0.3) is 5.91 Å². The molecule has 0 saturated heterocycles. The van der Waals surface area contributed by atoms with Crippen molar-refractivity contribution >= 4 is 17.5 Å². The predicted octanol–water partition coefficient (Wildman–Crippen LogP) is 3.02. The number of carbonyl (C=O) groups is 2. The lowest BCUT2D eigenvalue weighted by atomic mass is 9.98. The van der Waals surface area contributed by atoms with Crippen molar-refractivity contribution in [3.8, 4) is 11.5 Å². The Balaban J connectivity index is 1.58. The number of hydrogen-bond donors (Lipinski definition) is 2. The van der Waals surface area contributed by atoms with E-state index in [9.17, 15) is 14.7 Å². The molecule has 0 radical (unpaired) electrons. The van der Waals surface area contributed by atoms with Crippen molar-refractivity contribution in [1.29, 1.82) is 0 Å². The highest BCUT2D eigenvalue weighted by Gasteiger charge is 2.29. The smallest absolute Gasteiger partial charge is 0.265 e. The van der Waals surface area contributed by atoms with Gasteiger partial charge in [0.15, 0.2) is 18.1 Å². The number of ether oxygens (including phenoxy) is 1. The average Bonchev–Trinajstić information content (AvgIpc) is 2.75. The Bertz CT molecular complexity index is 982. The first-order valence-corrected chi connectivity index (χ1v) is 9.28. The quantitative estimate of drug-likeness (QED) is 0.704. The van der Waals surface area contributed by atoms with Gasteiger partial charge in [-0.3, -0.25) is 14.5 Å². The van der Waals surface area contributed by atoms with Crippen molar-refractivity contribution < 1.29 is 19.4 Å². The molecule has 1 aliphatic rings. The van der Waals surface area contributed by atoms with Gasteiger partial charge in [-0.2, -0.15) is 0 Å². The van der Waals surface area contributed by atoms with Gasteiger partial charge in [-0.1, -0.05) is 66.7 Å².